The van der Waals surface area contributed by atoms with E-state index in [-0.39, 0.29) is 6.42 Å². The van der Waals surface area contributed by atoms with Crippen LogP contribution in [0.2, 0.25) is 0 Å². The van der Waals surface area contributed by atoms with Gasteiger partial charge in [0.15, 0.2) is 0 Å². The van der Waals surface area contributed by atoms with Crippen molar-refractivity contribution in [2.24, 2.45) is 5.92 Å². The smallest absolute Gasteiger partial charge is 0.339 e. The molecule has 198 valence electrons. The molecule has 8 nitrogen and oxygen atoms in total. The van der Waals surface area contributed by atoms with Gasteiger partial charge in [-0.05, 0) is 74.9 Å². The molecule has 1 aliphatic heterocycles. The van der Waals surface area contributed by atoms with Crippen molar-refractivity contribution in [3.8, 4) is 5.75 Å². The number of aryl methyl sites for hydroxylation is 2. The van der Waals surface area contributed by atoms with E-state index in [1.165, 1.54) is 0 Å². The Hall–Kier alpha value is -3.20. The van der Waals surface area contributed by atoms with Crippen molar-refractivity contribution in [2.45, 2.75) is 39.0 Å². The summed E-state index contributed by atoms with van der Waals surface area (Å²) in [4.78, 5) is 27.2. The molecule has 0 spiro atoms. The largest absolute Gasteiger partial charge is 0.494 e. The first-order valence-electron chi connectivity index (χ1n) is 13.0. The summed E-state index contributed by atoms with van der Waals surface area (Å²) in [6, 6.07) is 15.4. The van der Waals surface area contributed by atoms with Gasteiger partial charge in [0, 0.05) is 36.5 Å². The van der Waals surface area contributed by atoms with Crippen LogP contribution >= 0.6 is 0 Å². The minimum absolute atomic E-state index is 0.204. The Kier molecular flexibility index (Phi) is 9.71. The molecule has 1 saturated heterocycles. The van der Waals surface area contributed by atoms with Crippen molar-refractivity contribution < 1.29 is 23.9 Å². The van der Waals surface area contributed by atoms with Gasteiger partial charge in [0.1, 0.15) is 11.3 Å². The number of fused-ring (bicyclic) bond motifs is 1. The highest BCUT2D eigenvalue weighted by molar-refractivity contribution is 5.79. The number of morpholine rings is 1. The van der Waals surface area contributed by atoms with Crippen LogP contribution in [-0.2, 0) is 22.4 Å². The van der Waals surface area contributed by atoms with Gasteiger partial charge >= 0.3 is 5.63 Å². The molecule has 2 aromatic carbocycles. The predicted octanol–water partition coefficient (Wildman–Crippen LogP) is 3.89. The fraction of sp³-hybridized carbons (Fsp3) is 0.448. The molecule has 1 unspecified atom stereocenters. The van der Waals surface area contributed by atoms with Crippen LogP contribution in [0, 0.1) is 12.8 Å². The third kappa shape index (κ3) is 7.89. The van der Waals surface area contributed by atoms with Crippen LogP contribution in [0.3, 0.4) is 0 Å². The average molecular weight is 509 g/mol. The molecule has 0 radical (unpaired) electrons. The summed E-state index contributed by atoms with van der Waals surface area (Å²) in [5.41, 5.74) is 4.46. The monoisotopic (exact) mass is 508 g/mol. The van der Waals surface area contributed by atoms with Gasteiger partial charge in [0.2, 0.25) is 5.91 Å². The summed E-state index contributed by atoms with van der Waals surface area (Å²) in [5, 5.41) is 10.1. The molecular weight excluding hydrogens is 472 g/mol. The van der Waals surface area contributed by atoms with E-state index in [0.717, 1.165) is 74.4 Å². The van der Waals surface area contributed by atoms with E-state index in [1.54, 1.807) is 17.6 Å². The molecule has 0 saturated carbocycles. The predicted molar refractivity (Wildman–Crippen MR) is 141 cm³/mol. The Bertz CT molecular complexity index is 1220. The van der Waals surface area contributed by atoms with Crippen molar-refractivity contribution in [2.75, 3.05) is 39.5 Å². The van der Waals surface area contributed by atoms with Crippen molar-refractivity contribution in [1.29, 1.82) is 0 Å². The Balaban J connectivity index is 1.26. The second kappa shape index (κ2) is 13.4. The first kappa shape index (κ1) is 26.9. The normalized spacial score (nSPS) is 15.0. The first-order chi connectivity index (χ1) is 18.0. The van der Waals surface area contributed by atoms with Crippen LogP contribution in [-0.4, -0.2) is 55.5 Å². The number of hydroxylamine groups is 1. The molecule has 1 aliphatic rings. The van der Waals surface area contributed by atoms with E-state index < -0.39 is 17.5 Å². The maximum atomic E-state index is 12.5. The fourth-order valence-electron chi connectivity index (χ4n) is 4.72. The van der Waals surface area contributed by atoms with Crippen LogP contribution in [0.25, 0.3) is 11.0 Å². The summed E-state index contributed by atoms with van der Waals surface area (Å²) in [6.45, 7) is 7.27. The molecule has 37 heavy (non-hydrogen) atoms. The van der Waals surface area contributed by atoms with Gasteiger partial charge < -0.3 is 13.9 Å². The van der Waals surface area contributed by atoms with Gasteiger partial charge in [-0.25, -0.2) is 10.3 Å². The molecule has 1 atom stereocenters. The van der Waals surface area contributed by atoms with Gasteiger partial charge in [-0.3, -0.25) is 14.9 Å². The van der Waals surface area contributed by atoms with Crippen molar-refractivity contribution in [3.63, 3.8) is 0 Å². The van der Waals surface area contributed by atoms with Crippen LogP contribution in [0.15, 0.2) is 57.7 Å². The maximum absolute atomic E-state index is 12.5. The lowest BCUT2D eigenvalue weighted by Crippen LogP contribution is -2.37. The standard InChI is InChI=1S/C29H36N2O6/c1-21-6-11-27-24(18-21)20-25(29(33)37-27)19-23(28(32)30-34)5-2-4-22-7-9-26(10-8-22)36-15-3-12-31-13-16-35-17-14-31/h6-11,18,20,23,34H,2-5,12-17,19H2,1H3,(H,30,32). The van der Waals surface area contributed by atoms with E-state index in [9.17, 15) is 14.8 Å². The quantitative estimate of drug-likeness (QED) is 0.166. The summed E-state index contributed by atoms with van der Waals surface area (Å²) in [6.07, 6.45) is 3.21. The summed E-state index contributed by atoms with van der Waals surface area (Å²) in [7, 11) is 0. The number of benzene rings is 2. The number of nitrogens with one attached hydrogen (secondary N) is 1. The molecular formula is C29H36N2O6. The zero-order valence-electron chi connectivity index (χ0n) is 21.4. The highest BCUT2D eigenvalue weighted by Crippen LogP contribution is 2.21. The zero-order valence-corrected chi connectivity index (χ0v) is 21.4. The molecule has 1 amide bonds. The molecule has 1 aromatic heterocycles. The molecule has 0 bridgehead atoms. The van der Waals surface area contributed by atoms with Crippen molar-refractivity contribution in [1.82, 2.24) is 10.4 Å². The minimum atomic E-state index is -0.538. The van der Waals surface area contributed by atoms with E-state index in [0.29, 0.717) is 24.2 Å². The highest BCUT2D eigenvalue weighted by atomic mass is 16.5. The number of ether oxygens (including phenoxy) is 2. The zero-order chi connectivity index (χ0) is 26.0. The fourth-order valence-corrected chi connectivity index (χ4v) is 4.72. The van der Waals surface area contributed by atoms with Gasteiger partial charge in [0.05, 0.1) is 19.8 Å². The molecule has 1 fully saturated rings. The van der Waals surface area contributed by atoms with Gasteiger partial charge in [-0.1, -0.05) is 23.8 Å². The summed E-state index contributed by atoms with van der Waals surface area (Å²) >= 11 is 0. The number of carbonyl (C=O) groups is 1. The lowest BCUT2D eigenvalue weighted by molar-refractivity contribution is -0.133. The van der Waals surface area contributed by atoms with E-state index in [2.05, 4.69) is 4.90 Å². The topological polar surface area (TPSA) is 101 Å². The Morgan fingerprint density at radius 1 is 1.11 bits per heavy atom. The molecule has 2 N–H and O–H groups in total. The number of hydrogen-bond acceptors (Lipinski definition) is 7. The number of rotatable bonds is 12. The Morgan fingerprint density at radius 2 is 1.89 bits per heavy atom. The van der Waals surface area contributed by atoms with E-state index in [1.807, 2.05) is 43.3 Å². The molecule has 2 heterocycles. The van der Waals surface area contributed by atoms with Gasteiger partial charge in [0.25, 0.3) is 0 Å². The lowest BCUT2D eigenvalue weighted by Gasteiger charge is -2.26. The van der Waals surface area contributed by atoms with Crippen LogP contribution < -0.4 is 15.8 Å². The van der Waals surface area contributed by atoms with Crippen LogP contribution in [0.5, 0.6) is 5.75 Å². The van der Waals surface area contributed by atoms with Crippen molar-refractivity contribution >= 4 is 16.9 Å². The number of carbonyl (C=O) groups excluding carboxylic acids is 1. The third-order valence-corrected chi connectivity index (χ3v) is 6.84. The average Bonchev–Trinajstić information content (AvgIpc) is 2.92. The minimum Gasteiger partial charge on any atom is -0.494 e. The Labute approximate surface area is 217 Å². The third-order valence-electron chi connectivity index (χ3n) is 6.84. The summed E-state index contributed by atoms with van der Waals surface area (Å²) < 4.78 is 16.7. The van der Waals surface area contributed by atoms with Crippen LogP contribution in [0.1, 0.15) is 36.0 Å². The molecule has 3 aromatic rings. The second-order valence-corrected chi connectivity index (χ2v) is 9.67. The number of nitrogens with zero attached hydrogens (tertiary/aromatic N) is 1. The first-order valence-corrected chi connectivity index (χ1v) is 13.0. The molecule has 0 aliphatic carbocycles. The van der Waals surface area contributed by atoms with Crippen LogP contribution in [0.4, 0.5) is 0 Å². The second-order valence-electron chi connectivity index (χ2n) is 9.67. The van der Waals surface area contributed by atoms with Gasteiger partial charge in [-0.2, -0.15) is 0 Å². The molecule has 4 rings (SSSR count). The maximum Gasteiger partial charge on any atom is 0.339 e. The van der Waals surface area contributed by atoms with E-state index >= 15 is 0 Å². The SMILES string of the molecule is Cc1ccc2oc(=O)c(CC(CCCc3ccc(OCCCN4CCOCC4)cc3)C(=O)NO)cc2c1. The molecule has 8 heteroatoms. The summed E-state index contributed by atoms with van der Waals surface area (Å²) in [5.74, 6) is -0.185. The van der Waals surface area contributed by atoms with Gasteiger partial charge in [-0.15, -0.1) is 0 Å². The van der Waals surface area contributed by atoms with Crippen molar-refractivity contribution in [3.05, 3.63) is 75.6 Å². The number of amides is 1. The van der Waals surface area contributed by atoms with E-state index in [4.69, 9.17) is 13.9 Å². The number of hydrogen-bond donors (Lipinski definition) is 2. The highest BCUT2D eigenvalue weighted by Gasteiger charge is 2.21. The Morgan fingerprint density at radius 3 is 2.65 bits per heavy atom. The lowest BCUT2D eigenvalue weighted by atomic mass is 9.92.